The number of amides is 2. The first-order chi connectivity index (χ1) is 14.1. The maximum Gasteiger partial charge on any atom is 0.224 e. The zero-order chi connectivity index (χ0) is 20.3. The van der Waals surface area contributed by atoms with Crippen LogP contribution in [-0.4, -0.2) is 67.1 Å². The van der Waals surface area contributed by atoms with Crippen LogP contribution in [0.4, 0.5) is 0 Å². The highest BCUT2D eigenvalue weighted by Gasteiger charge is 2.55. The summed E-state index contributed by atoms with van der Waals surface area (Å²) in [6.07, 6.45) is 9.02. The third-order valence-electron chi connectivity index (χ3n) is 7.34. The maximum absolute atomic E-state index is 13.4. The van der Waals surface area contributed by atoms with Crippen LogP contribution >= 0.6 is 0 Å². The highest BCUT2D eigenvalue weighted by Crippen LogP contribution is 2.39. The molecule has 2 heterocycles. The predicted octanol–water partition coefficient (Wildman–Crippen LogP) is 1.83. The van der Waals surface area contributed by atoms with E-state index in [-0.39, 0.29) is 42.6 Å². The number of hydrogen-bond donors (Lipinski definition) is 1. The van der Waals surface area contributed by atoms with Crippen molar-refractivity contribution in [2.45, 2.75) is 75.9 Å². The molecule has 0 aromatic rings. The molecule has 7 nitrogen and oxygen atoms in total. The number of Topliss-reactive ketones (excluding diaryl/α,β-unsaturated/α-hetero) is 1. The number of nitrogens with zero attached hydrogens (tertiary/aromatic N) is 1. The average molecular weight is 407 g/mol. The Bertz CT molecular complexity index is 627. The summed E-state index contributed by atoms with van der Waals surface area (Å²) in [5, 5.41) is 3.09. The van der Waals surface area contributed by atoms with Crippen LogP contribution in [-0.2, 0) is 23.9 Å². The van der Waals surface area contributed by atoms with Crippen LogP contribution in [0.15, 0.2) is 0 Å². The van der Waals surface area contributed by atoms with Gasteiger partial charge < -0.3 is 19.7 Å². The average Bonchev–Trinajstić information content (AvgIpc) is 3.28. The second-order valence-electron chi connectivity index (χ2n) is 9.21. The normalized spacial score (nSPS) is 31.5. The summed E-state index contributed by atoms with van der Waals surface area (Å²) in [5.74, 6) is -0.00667. The van der Waals surface area contributed by atoms with Crippen LogP contribution in [0.2, 0.25) is 0 Å². The van der Waals surface area contributed by atoms with Crippen molar-refractivity contribution < 1.29 is 23.9 Å². The Morgan fingerprint density at radius 2 is 1.86 bits per heavy atom. The standard InChI is InChI=1S/C22H34N2O5/c25-18-15-29-19-7-4-8-22(18,19)23-21(27)17(13-16-5-2-1-3-6-16)14-20(26)24-9-11-28-12-10-24/h16-17,19H,1-15H2,(H,23,27). The lowest BCUT2D eigenvalue weighted by molar-refractivity contribution is -0.141. The molecule has 29 heavy (non-hydrogen) atoms. The molecule has 0 aromatic heterocycles. The van der Waals surface area contributed by atoms with E-state index < -0.39 is 5.54 Å². The molecule has 4 fully saturated rings. The number of ketones is 1. The molecule has 2 aliphatic carbocycles. The Morgan fingerprint density at radius 3 is 2.62 bits per heavy atom. The fourth-order valence-corrected chi connectivity index (χ4v) is 5.62. The van der Waals surface area contributed by atoms with Crippen molar-refractivity contribution in [3.8, 4) is 0 Å². The van der Waals surface area contributed by atoms with Gasteiger partial charge in [-0.2, -0.15) is 0 Å². The molecule has 1 N–H and O–H groups in total. The van der Waals surface area contributed by atoms with Crippen LogP contribution < -0.4 is 5.32 Å². The molecule has 0 aromatic carbocycles. The summed E-state index contributed by atoms with van der Waals surface area (Å²) < 4.78 is 11.0. The molecule has 162 valence electrons. The summed E-state index contributed by atoms with van der Waals surface area (Å²) in [5.41, 5.74) is -0.857. The number of fused-ring (bicyclic) bond motifs is 1. The van der Waals surface area contributed by atoms with E-state index in [1.807, 2.05) is 4.90 Å². The van der Waals surface area contributed by atoms with Gasteiger partial charge >= 0.3 is 0 Å². The zero-order valence-electron chi connectivity index (χ0n) is 17.3. The summed E-state index contributed by atoms with van der Waals surface area (Å²) in [6.45, 7) is 2.39. The number of hydrogen-bond acceptors (Lipinski definition) is 5. The maximum atomic E-state index is 13.4. The number of nitrogens with one attached hydrogen (secondary N) is 1. The van der Waals surface area contributed by atoms with Crippen LogP contribution in [0.5, 0.6) is 0 Å². The quantitative estimate of drug-likeness (QED) is 0.727. The van der Waals surface area contributed by atoms with E-state index in [9.17, 15) is 14.4 Å². The lowest BCUT2D eigenvalue weighted by atomic mass is 9.80. The van der Waals surface area contributed by atoms with Gasteiger partial charge in [-0.25, -0.2) is 0 Å². The number of morpholine rings is 1. The van der Waals surface area contributed by atoms with Crippen molar-refractivity contribution in [3.63, 3.8) is 0 Å². The summed E-state index contributed by atoms with van der Waals surface area (Å²) in [7, 11) is 0. The van der Waals surface area contributed by atoms with Crippen molar-refractivity contribution in [1.29, 1.82) is 0 Å². The second kappa shape index (κ2) is 9.13. The first-order valence-electron chi connectivity index (χ1n) is 11.4. The van der Waals surface area contributed by atoms with Gasteiger partial charge in [-0.15, -0.1) is 0 Å². The molecule has 4 rings (SSSR count). The Kier molecular flexibility index (Phi) is 6.54. The third kappa shape index (κ3) is 4.50. The van der Waals surface area contributed by atoms with Gasteiger partial charge in [-0.1, -0.05) is 32.1 Å². The Labute approximate surface area is 172 Å². The number of ether oxygens (including phenoxy) is 2. The molecule has 0 spiro atoms. The highest BCUT2D eigenvalue weighted by atomic mass is 16.5. The minimum Gasteiger partial charge on any atom is -0.378 e. The van der Waals surface area contributed by atoms with Crippen molar-refractivity contribution in [3.05, 3.63) is 0 Å². The van der Waals surface area contributed by atoms with Gasteiger partial charge in [0.2, 0.25) is 11.8 Å². The van der Waals surface area contributed by atoms with Crippen molar-refractivity contribution in [2.24, 2.45) is 11.8 Å². The molecule has 7 heteroatoms. The molecule has 3 unspecified atom stereocenters. The van der Waals surface area contributed by atoms with E-state index in [4.69, 9.17) is 9.47 Å². The molecule has 4 aliphatic rings. The van der Waals surface area contributed by atoms with Crippen molar-refractivity contribution in [1.82, 2.24) is 10.2 Å². The van der Waals surface area contributed by atoms with Gasteiger partial charge in [0.25, 0.3) is 0 Å². The minimum atomic E-state index is -0.857. The fraction of sp³-hybridized carbons (Fsp3) is 0.864. The van der Waals surface area contributed by atoms with E-state index in [0.29, 0.717) is 38.6 Å². The smallest absolute Gasteiger partial charge is 0.224 e. The van der Waals surface area contributed by atoms with Gasteiger partial charge in [0, 0.05) is 25.4 Å². The van der Waals surface area contributed by atoms with E-state index in [1.54, 1.807) is 0 Å². The van der Waals surface area contributed by atoms with Gasteiger partial charge in [0.15, 0.2) is 5.78 Å². The molecule has 3 atom stereocenters. The summed E-state index contributed by atoms with van der Waals surface area (Å²) in [6, 6.07) is 0. The molecule has 2 aliphatic heterocycles. The Morgan fingerprint density at radius 1 is 1.10 bits per heavy atom. The molecule has 0 radical (unpaired) electrons. The van der Waals surface area contributed by atoms with Crippen LogP contribution in [0.25, 0.3) is 0 Å². The first-order valence-corrected chi connectivity index (χ1v) is 11.4. The van der Waals surface area contributed by atoms with Gasteiger partial charge in [-0.05, 0) is 31.6 Å². The van der Waals surface area contributed by atoms with Gasteiger partial charge in [0.1, 0.15) is 12.1 Å². The Balaban J connectivity index is 1.45. The number of rotatable bonds is 6. The number of carbonyl (C=O) groups is 3. The third-order valence-corrected chi connectivity index (χ3v) is 7.34. The SMILES string of the molecule is O=C(NC12CCCC1OCC2=O)C(CC(=O)N1CCOCC1)CC1CCCCC1. The van der Waals surface area contributed by atoms with Gasteiger partial charge in [0.05, 0.1) is 19.3 Å². The van der Waals surface area contributed by atoms with Crippen molar-refractivity contribution >= 4 is 17.6 Å². The largest absolute Gasteiger partial charge is 0.378 e. The summed E-state index contributed by atoms with van der Waals surface area (Å²) >= 11 is 0. The molecule has 2 amide bonds. The van der Waals surface area contributed by atoms with Crippen LogP contribution in [0, 0.1) is 11.8 Å². The van der Waals surface area contributed by atoms with E-state index in [2.05, 4.69) is 5.32 Å². The molecule has 0 bridgehead atoms. The van der Waals surface area contributed by atoms with Crippen LogP contribution in [0.1, 0.15) is 64.2 Å². The molecular weight excluding hydrogens is 372 g/mol. The molecule has 2 saturated carbocycles. The van der Waals surface area contributed by atoms with Gasteiger partial charge in [-0.3, -0.25) is 14.4 Å². The predicted molar refractivity (Wildman–Crippen MR) is 106 cm³/mol. The van der Waals surface area contributed by atoms with E-state index in [0.717, 1.165) is 32.1 Å². The molecular formula is C22H34N2O5. The second-order valence-corrected chi connectivity index (χ2v) is 9.21. The topological polar surface area (TPSA) is 84.9 Å². The van der Waals surface area contributed by atoms with E-state index in [1.165, 1.54) is 19.3 Å². The van der Waals surface area contributed by atoms with Crippen molar-refractivity contribution in [2.75, 3.05) is 32.9 Å². The minimum absolute atomic E-state index is 0.00993. The lowest BCUT2D eigenvalue weighted by Crippen LogP contribution is -2.57. The zero-order valence-corrected chi connectivity index (χ0v) is 17.3. The van der Waals surface area contributed by atoms with E-state index >= 15 is 0 Å². The first kappa shape index (κ1) is 20.8. The molecule has 2 saturated heterocycles. The number of carbonyl (C=O) groups excluding carboxylic acids is 3. The fourth-order valence-electron chi connectivity index (χ4n) is 5.62. The summed E-state index contributed by atoms with van der Waals surface area (Å²) in [4.78, 5) is 40.6. The highest BCUT2D eigenvalue weighted by molar-refractivity contribution is 5.97. The lowest BCUT2D eigenvalue weighted by Gasteiger charge is -2.33. The monoisotopic (exact) mass is 406 g/mol. The Hall–Kier alpha value is -1.47. The van der Waals surface area contributed by atoms with Crippen LogP contribution in [0.3, 0.4) is 0 Å².